The standard InChI is InChI=1S/C14H22N4O2/c1-11(2)17-10-12(9-15)14(20)16-6-4-8-18-7-3-5-13(18)19/h10-11,17H,3-8H2,1-2H3,(H,16,20)/b12-10-. The number of likely N-dealkylation sites (tertiary alicyclic amines) is 1. The second kappa shape index (κ2) is 8.20. The van der Waals surface area contributed by atoms with E-state index in [1.165, 1.54) is 6.20 Å². The molecular weight excluding hydrogens is 256 g/mol. The lowest BCUT2D eigenvalue weighted by atomic mass is 10.2. The zero-order valence-corrected chi connectivity index (χ0v) is 12.1. The summed E-state index contributed by atoms with van der Waals surface area (Å²) in [6.45, 7) is 5.79. The first kappa shape index (κ1) is 16.0. The van der Waals surface area contributed by atoms with Crippen molar-refractivity contribution in [2.24, 2.45) is 0 Å². The minimum Gasteiger partial charge on any atom is -0.387 e. The minimum atomic E-state index is -0.381. The van der Waals surface area contributed by atoms with E-state index >= 15 is 0 Å². The van der Waals surface area contributed by atoms with Crippen molar-refractivity contribution in [1.82, 2.24) is 15.5 Å². The van der Waals surface area contributed by atoms with Gasteiger partial charge in [-0.3, -0.25) is 9.59 Å². The van der Waals surface area contributed by atoms with Crippen molar-refractivity contribution >= 4 is 11.8 Å². The van der Waals surface area contributed by atoms with Crippen LogP contribution in [-0.4, -0.2) is 42.4 Å². The van der Waals surface area contributed by atoms with Gasteiger partial charge >= 0.3 is 0 Å². The molecule has 2 N–H and O–H groups in total. The van der Waals surface area contributed by atoms with Crippen molar-refractivity contribution in [1.29, 1.82) is 5.26 Å². The Morgan fingerprint density at radius 3 is 2.85 bits per heavy atom. The molecule has 0 saturated carbocycles. The average Bonchev–Trinajstić information content (AvgIpc) is 2.80. The largest absolute Gasteiger partial charge is 0.387 e. The maximum Gasteiger partial charge on any atom is 0.263 e. The molecule has 0 aromatic rings. The van der Waals surface area contributed by atoms with Crippen LogP contribution in [0, 0.1) is 11.3 Å². The predicted molar refractivity (Wildman–Crippen MR) is 75.4 cm³/mol. The molecule has 0 aromatic heterocycles. The fourth-order valence-corrected chi connectivity index (χ4v) is 1.91. The number of rotatable bonds is 7. The Morgan fingerprint density at radius 1 is 1.55 bits per heavy atom. The SMILES string of the molecule is CC(C)N/C=C(/C#N)C(=O)NCCCN1CCCC1=O. The van der Waals surface area contributed by atoms with Crippen LogP contribution in [-0.2, 0) is 9.59 Å². The molecule has 1 fully saturated rings. The molecule has 0 atom stereocenters. The van der Waals surface area contributed by atoms with Crippen LogP contribution in [0.4, 0.5) is 0 Å². The van der Waals surface area contributed by atoms with Crippen molar-refractivity contribution in [3.63, 3.8) is 0 Å². The molecule has 6 nitrogen and oxygen atoms in total. The molecule has 20 heavy (non-hydrogen) atoms. The van der Waals surface area contributed by atoms with Gasteiger partial charge in [0.05, 0.1) is 0 Å². The van der Waals surface area contributed by atoms with Gasteiger partial charge in [0.1, 0.15) is 11.6 Å². The van der Waals surface area contributed by atoms with Crippen molar-refractivity contribution in [3.8, 4) is 6.07 Å². The molecule has 0 unspecified atom stereocenters. The van der Waals surface area contributed by atoms with E-state index in [0.717, 1.165) is 13.0 Å². The Hall–Kier alpha value is -2.03. The van der Waals surface area contributed by atoms with Crippen molar-refractivity contribution in [2.45, 2.75) is 39.2 Å². The van der Waals surface area contributed by atoms with E-state index in [0.29, 0.717) is 25.9 Å². The van der Waals surface area contributed by atoms with Gasteiger partial charge in [-0.05, 0) is 26.7 Å². The van der Waals surface area contributed by atoms with Crippen molar-refractivity contribution in [3.05, 3.63) is 11.8 Å². The van der Waals surface area contributed by atoms with Crippen molar-refractivity contribution in [2.75, 3.05) is 19.6 Å². The van der Waals surface area contributed by atoms with Gasteiger partial charge < -0.3 is 15.5 Å². The first-order valence-electron chi connectivity index (χ1n) is 6.97. The zero-order valence-electron chi connectivity index (χ0n) is 12.1. The van der Waals surface area contributed by atoms with Gasteiger partial charge in [0.25, 0.3) is 5.91 Å². The van der Waals surface area contributed by atoms with Gasteiger partial charge in [0.15, 0.2) is 0 Å². The smallest absolute Gasteiger partial charge is 0.263 e. The summed E-state index contributed by atoms with van der Waals surface area (Å²) in [5.74, 6) is -0.191. The molecule has 6 heteroatoms. The van der Waals surface area contributed by atoms with Crippen LogP contribution >= 0.6 is 0 Å². The first-order chi connectivity index (χ1) is 9.54. The number of hydrogen-bond donors (Lipinski definition) is 2. The van der Waals surface area contributed by atoms with Gasteiger partial charge in [-0.2, -0.15) is 5.26 Å². The zero-order chi connectivity index (χ0) is 15.0. The van der Waals surface area contributed by atoms with E-state index in [4.69, 9.17) is 5.26 Å². The van der Waals surface area contributed by atoms with Gasteiger partial charge in [0.2, 0.25) is 5.91 Å². The molecule has 1 heterocycles. The number of amides is 2. The molecule has 0 aliphatic carbocycles. The predicted octanol–water partition coefficient (Wildman–Crippen LogP) is 0.521. The summed E-state index contributed by atoms with van der Waals surface area (Å²) in [5, 5.41) is 14.5. The van der Waals surface area contributed by atoms with Crippen LogP contribution in [0.1, 0.15) is 33.1 Å². The molecule has 1 aliphatic rings. The molecule has 0 radical (unpaired) electrons. The third kappa shape index (κ3) is 5.31. The molecular formula is C14H22N4O2. The Kier molecular flexibility index (Phi) is 6.57. The monoisotopic (exact) mass is 278 g/mol. The second-order valence-electron chi connectivity index (χ2n) is 5.08. The lowest BCUT2D eigenvalue weighted by molar-refractivity contribution is -0.127. The summed E-state index contributed by atoms with van der Waals surface area (Å²) in [6.07, 6.45) is 3.69. The normalized spacial score (nSPS) is 15.4. The molecule has 1 rings (SSSR count). The summed E-state index contributed by atoms with van der Waals surface area (Å²) in [7, 11) is 0. The Labute approximate surface area is 119 Å². The summed E-state index contributed by atoms with van der Waals surface area (Å²) in [6, 6.07) is 2.04. The highest BCUT2D eigenvalue weighted by Gasteiger charge is 2.19. The Balaban J connectivity index is 2.26. The van der Waals surface area contributed by atoms with E-state index in [9.17, 15) is 9.59 Å². The lowest BCUT2D eigenvalue weighted by Gasteiger charge is -2.15. The van der Waals surface area contributed by atoms with E-state index in [-0.39, 0.29) is 23.4 Å². The van der Waals surface area contributed by atoms with Gasteiger partial charge in [-0.1, -0.05) is 0 Å². The topological polar surface area (TPSA) is 85.2 Å². The molecule has 1 aliphatic heterocycles. The van der Waals surface area contributed by atoms with Crippen LogP contribution in [0.3, 0.4) is 0 Å². The number of nitrogens with one attached hydrogen (secondary N) is 2. The summed E-state index contributed by atoms with van der Waals surface area (Å²) in [5.41, 5.74) is 0.0657. The van der Waals surface area contributed by atoms with Crippen LogP contribution in [0.15, 0.2) is 11.8 Å². The number of carbonyl (C=O) groups is 2. The summed E-state index contributed by atoms with van der Waals surface area (Å²) < 4.78 is 0. The maximum atomic E-state index is 11.7. The fraction of sp³-hybridized carbons (Fsp3) is 0.643. The lowest BCUT2D eigenvalue weighted by Crippen LogP contribution is -2.31. The summed E-state index contributed by atoms with van der Waals surface area (Å²) >= 11 is 0. The van der Waals surface area contributed by atoms with Gasteiger partial charge in [-0.25, -0.2) is 0 Å². The van der Waals surface area contributed by atoms with Crippen molar-refractivity contribution < 1.29 is 9.59 Å². The summed E-state index contributed by atoms with van der Waals surface area (Å²) in [4.78, 5) is 24.9. The highest BCUT2D eigenvalue weighted by Crippen LogP contribution is 2.09. The number of hydrogen-bond acceptors (Lipinski definition) is 4. The third-order valence-corrected chi connectivity index (χ3v) is 2.99. The number of nitriles is 1. The minimum absolute atomic E-state index is 0.0657. The van der Waals surface area contributed by atoms with E-state index in [1.807, 2.05) is 24.8 Å². The van der Waals surface area contributed by atoms with E-state index in [1.54, 1.807) is 0 Å². The molecule has 0 bridgehead atoms. The van der Waals surface area contributed by atoms with Gasteiger partial charge in [0, 0.05) is 38.3 Å². The highest BCUT2D eigenvalue weighted by atomic mass is 16.2. The number of carbonyl (C=O) groups excluding carboxylic acids is 2. The van der Waals surface area contributed by atoms with Crippen LogP contribution in [0.5, 0.6) is 0 Å². The molecule has 0 aromatic carbocycles. The average molecular weight is 278 g/mol. The quantitative estimate of drug-likeness (QED) is 0.404. The Morgan fingerprint density at radius 2 is 2.30 bits per heavy atom. The maximum absolute atomic E-state index is 11.7. The molecule has 2 amide bonds. The van der Waals surface area contributed by atoms with Crippen LogP contribution in [0.25, 0.3) is 0 Å². The van der Waals surface area contributed by atoms with E-state index in [2.05, 4.69) is 10.6 Å². The van der Waals surface area contributed by atoms with Crippen LogP contribution < -0.4 is 10.6 Å². The van der Waals surface area contributed by atoms with Crippen LogP contribution in [0.2, 0.25) is 0 Å². The third-order valence-electron chi connectivity index (χ3n) is 2.99. The first-order valence-corrected chi connectivity index (χ1v) is 6.97. The van der Waals surface area contributed by atoms with E-state index < -0.39 is 0 Å². The highest BCUT2D eigenvalue weighted by molar-refractivity contribution is 5.97. The van der Waals surface area contributed by atoms with Gasteiger partial charge in [-0.15, -0.1) is 0 Å². The molecule has 0 spiro atoms. The second-order valence-corrected chi connectivity index (χ2v) is 5.08. The molecule has 110 valence electrons. The Bertz CT molecular complexity index is 423. The molecule has 1 saturated heterocycles. The number of nitrogens with zero attached hydrogens (tertiary/aromatic N) is 2. The fourth-order valence-electron chi connectivity index (χ4n) is 1.91.